The van der Waals surface area contributed by atoms with Crippen LogP contribution < -0.4 is 10.1 Å². The van der Waals surface area contributed by atoms with Crippen LogP contribution in [0.4, 0.5) is 0 Å². The number of H-pyrrole nitrogens is 2. The average molecular weight is 489 g/mol. The van der Waals surface area contributed by atoms with E-state index < -0.39 is 0 Å². The van der Waals surface area contributed by atoms with Gasteiger partial charge in [-0.2, -0.15) is 5.10 Å². The molecule has 6 aromatic rings. The second kappa shape index (κ2) is 9.11. The first-order chi connectivity index (χ1) is 18.3. The van der Waals surface area contributed by atoms with E-state index in [4.69, 9.17) is 14.7 Å². The first-order valence-corrected chi connectivity index (χ1v) is 12.4. The molecule has 0 spiro atoms. The maximum atomic E-state index is 6.20. The van der Waals surface area contributed by atoms with Gasteiger partial charge in [0.15, 0.2) is 11.5 Å². The molecule has 1 aliphatic heterocycles. The Labute approximate surface area is 212 Å². The maximum absolute atomic E-state index is 6.20. The van der Waals surface area contributed by atoms with E-state index in [9.17, 15) is 0 Å². The number of pyridine rings is 3. The predicted molar refractivity (Wildman–Crippen MR) is 142 cm³/mol. The van der Waals surface area contributed by atoms with Crippen LogP contribution >= 0.6 is 0 Å². The molecular weight excluding hydrogens is 464 g/mol. The lowest BCUT2D eigenvalue weighted by atomic mass is 10.1. The van der Waals surface area contributed by atoms with Crippen molar-refractivity contribution in [2.75, 3.05) is 13.1 Å². The van der Waals surface area contributed by atoms with Crippen molar-refractivity contribution in [3.05, 3.63) is 73.3 Å². The zero-order chi connectivity index (χ0) is 24.6. The number of hydrogen-bond donors (Lipinski definition) is 3. The van der Waals surface area contributed by atoms with Gasteiger partial charge in [0.2, 0.25) is 0 Å². The van der Waals surface area contributed by atoms with Gasteiger partial charge < -0.3 is 15.0 Å². The van der Waals surface area contributed by atoms with Gasteiger partial charge in [0, 0.05) is 29.7 Å². The summed E-state index contributed by atoms with van der Waals surface area (Å²) in [4.78, 5) is 21.9. The van der Waals surface area contributed by atoms with E-state index in [1.807, 2.05) is 48.7 Å². The zero-order valence-electron chi connectivity index (χ0n) is 20.0. The van der Waals surface area contributed by atoms with E-state index in [1.54, 1.807) is 18.6 Å². The summed E-state index contributed by atoms with van der Waals surface area (Å²) in [6.07, 6.45) is 9.35. The molecule has 1 aliphatic rings. The van der Waals surface area contributed by atoms with Crippen LogP contribution in [-0.2, 0) is 0 Å². The number of benzene rings is 1. The Kier molecular flexibility index (Phi) is 5.32. The van der Waals surface area contributed by atoms with Crippen molar-refractivity contribution in [2.45, 2.75) is 18.9 Å². The number of aromatic amines is 2. The molecule has 182 valence electrons. The Morgan fingerprint density at radius 1 is 0.811 bits per heavy atom. The highest BCUT2D eigenvalue weighted by atomic mass is 16.5. The molecule has 6 heterocycles. The molecule has 1 fully saturated rings. The van der Waals surface area contributed by atoms with Gasteiger partial charge in [0.05, 0.1) is 28.4 Å². The summed E-state index contributed by atoms with van der Waals surface area (Å²) >= 11 is 0. The Morgan fingerprint density at radius 2 is 1.70 bits per heavy atom. The number of piperidine rings is 1. The monoisotopic (exact) mass is 488 g/mol. The van der Waals surface area contributed by atoms with Crippen LogP contribution in [0.5, 0.6) is 5.75 Å². The minimum absolute atomic E-state index is 0.208. The van der Waals surface area contributed by atoms with Crippen molar-refractivity contribution in [1.29, 1.82) is 0 Å². The molecule has 0 radical (unpaired) electrons. The Hall–Kier alpha value is -4.63. The average Bonchev–Trinajstić information content (AvgIpc) is 3.58. The number of ether oxygens (including phenoxy) is 1. The lowest BCUT2D eigenvalue weighted by molar-refractivity contribution is 0.162. The summed E-state index contributed by atoms with van der Waals surface area (Å²) in [6, 6.07) is 16.0. The number of aromatic nitrogens is 7. The smallest absolute Gasteiger partial charge is 0.161 e. The van der Waals surface area contributed by atoms with Gasteiger partial charge in [-0.25, -0.2) is 9.97 Å². The fourth-order valence-corrected chi connectivity index (χ4v) is 4.86. The molecule has 3 N–H and O–H groups in total. The molecule has 9 heteroatoms. The van der Waals surface area contributed by atoms with Crippen LogP contribution in [-0.4, -0.2) is 54.3 Å². The minimum Gasteiger partial charge on any atom is -0.489 e. The molecule has 0 aliphatic carbocycles. The molecule has 0 saturated carbocycles. The Balaban J connectivity index is 1.26. The normalized spacial score (nSPS) is 14.4. The summed E-state index contributed by atoms with van der Waals surface area (Å²) < 4.78 is 6.20. The quantitative estimate of drug-likeness (QED) is 0.320. The second-order valence-electron chi connectivity index (χ2n) is 9.16. The van der Waals surface area contributed by atoms with Gasteiger partial charge >= 0.3 is 0 Å². The molecule has 0 unspecified atom stereocenters. The third kappa shape index (κ3) is 4.09. The largest absolute Gasteiger partial charge is 0.489 e. The van der Waals surface area contributed by atoms with E-state index in [-0.39, 0.29) is 6.10 Å². The fraction of sp³-hybridized carbons (Fsp3) is 0.179. The van der Waals surface area contributed by atoms with E-state index >= 15 is 0 Å². The molecule has 1 aromatic carbocycles. The van der Waals surface area contributed by atoms with E-state index in [2.05, 4.69) is 36.5 Å². The second-order valence-corrected chi connectivity index (χ2v) is 9.16. The van der Waals surface area contributed by atoms with Crippen LogP contribution in [0.3, 0.4) is 0 Å². The summed E-state index contributed by atoms with van der Waals surface area (Å²) in [7, 11) is 0. The lowest BCUT2D eigenvalue weighted by Crippen LogP contribution is -2.34. The molecule has 37 heavy (non-hydrogen) atoms. The van der Waals surface area contributed by atoms with Crippen LogP contribution in [0.2, 0.25) is 0 Å². The highest BCUT2D eigenvalue weighted by Gasteiger charge is 2.18. The third-order valence-electron chi connectivity index (χ3n) is 6.73. The Bertz CT molecular complexity index is 1700. The van der Waals surface area contributed by atoms with Crippen molar-refractivity contribution >= 4 is 22.1 Å². The van der Waals surface area contributed by atoms with Crippen molar-refractivity contribution in [2.24, 2.45) is 0 Å². The van der Waals surface area contributed by atoms with Gasteiger partial charge in [0.25, 0.3) is 0 Å². The van der Waals surface area contributed by atoms with E-state index in [1.165, 1.54) is 0 Å². The standard InChI is InChI=1S/C28H24N8O/c1-2-21(17-6-10-29-11-7-17)25-23(3-1)33-28(34-25)27-26-24(35-36-27)5-4-22(32-26)18-14-20(16-31-15-18)37-19-8-12-30-13-9-19/h1-7,10-11,14-16,19,30H,8-9,12-13H2,(H,33,34)(H,35,36). The minimum atomic E-state index is 0.208. The predicted octanol–water partition coefficient (Wildman–Crippen LogP) is 4.76. The van der Waals surface area contributed by atoms with Crippen LogP contribution in [0.1, 0.15) is 12.8 Å². The molecule has 9 nitrogen and oxygen atoms in total. The van der Waals surface area contributed by atoms with Crippen LogP contribution in [0.15, 0.2) is 73.3 Å². The van der Waals surface area contributed by atoms with Gasteiger partial charge in [-0.3, -0.25) is 15.1 Å². The van der Waals surface area contributed by atoms with E-state index in [0.717, 1.165) is 76.1 Å². The van der Waals surface area contributed by atoms with Crippen molar-refractivity contribution in [1.82, 2.24) is 40.4 Å². The number of imidazole rings is 1. The molecule has 1 saturated heterocycles. The maximum Gasteiger partial charge on any atom is 0.161 e. The lowest BCUT2D eigenvalue weighted by Gasteiger charge is -2.23. The molecule has 0 atom stereocenters. The number of para-hydroxylation sites is 1. The number of nitrogens with one attached hydrogen (secondary N) is 3. The zero-order valence-corrected chi connectivity index (χ0v) is 20.0. The number of rotatable bonds is 5. The topological polar surface area (TPSA) is 117 Å². The van der Waals surface area contributed by atoms with Crippen LogP contribution in [0, 0.1) is 0 Å². The van der Waals surface area contributed by atoms with Gasteiger partial charge in [-0.1, -0.05) is 12.1 Å². The summed E-state index contributed by atoms with van der Waals surface area (Å²) in [6.45, 7) is 1.95. The third-order valence-corrected chi connectivity index (χ3v) is 6.73. The highest BCUT2D eigenvalue weighted by Crippen LogP contribution is 2.32. The summed E-state index contributed by atoms with van der Waals surface area (Å²) in [5.74, 6) is 1.42. The molecule has 0 bridgehead atoms. The summed E-state index contributed by atoms with van der Waals surface area (Å²) in [5.41, 5.74) is 7.85. The molecular formula is C28H24N8O. The van der Waals surface area contributed by atoms with Crippen molar-refractivity contribution in [3.63, 3.8) is 0 Å². The van der Waals surface area contributed by atoms with E-state index in [0.29, 0.717) is 11.5 Å². The first-order valence-electron chi connectivity index (χ1n) is 12.4. The highest BCUT2D eigenvalue weighted by molar-refractivity contribution is 5.96. The first kappa shape index (κ1) is 21.6. The fourth-order valence-electron chi connectivity index (χ4n) is 4.86. The molecule has 7 rings (SSSR count). The van der Waals surface area contributed by atoms with Crippen molar-refractivity contribution < 1.29 is 4.74 Å². The number of fused-ring (bicyclic) bond motifs is 2. The van der Waals surface area contributed by atoms with Gasteiger partial charge in [-0.15, -0.1) is 0 Å². The summed E-state index contributed by atoms with van der Waals surface area (Å²) in [5, 5.41) is 11.0. The van der Waals surface area contributed by atoms with Gasteiger partial charge in [-0.05, 0) is 67.9 Å². The van der Waals surface area contributed by atoms with Crippen LogP contribution in [0.25, 0.3) is 56.0 Å². The SMILES string of the molecule is c1cc(-c2ccncc2)c2nc(-c3n[nH]c4ccc(-c5cncc(OC6CCNCC6)c5)nc34)[nH]c2c1. The molecule has 0 amide bonds. The molecule has 5 aromatic heterocycles. The van der Waals surface area contributed by atoms with Gasteiger partial charge in [0.1, 0.15) is 17.4 Å². The Morgan fingerprint density at radius 3 is 2.59 bits per heavy atom. The van der Waals surface area contributed by atoms with Crippen molar-refractivity contribution in [3.8, 4) is 39.7 Å². The number of hydrogen-bond acceptors (Lipinski definition) is 7. The number of nitrogens with zero attached hydrogens (tertiary/aromatic N) is 5.